The maximum Gasteiger partial charge on any atom is 0.128 e. The van der Waals surface area contributed by atoms with E-state index in [0.29, 0.717) is 6.04 Å². The topological polar surface area (TPSA) is 28.2 Å². The van der Waals surface area contributed by atoms with Crippen LogP contribution >= 0.6 is 0 Å². The molecule has 0 saturated carbocycles. The van der Waals surface area contributed by atoms with Gasteiger partial charge in [-0.05, 0) is 37.8 Å². The van der Waals surface area contributed by atoms with Crippen LogP contribution in [0.5, 0.6) is 0 Å². The number of anilines is 1. The first-order valence-corrected chi connectivity index (χ1v) is 6.25. The zero-order valence-corrected chi connectivity index (χ0v) is 9.82. The molecular weight excluding hydrogens is 198 g/mol. The van der Waals surface area contributed by atoms with Gasteiger partial charge < -0.3 is 10.2 Å². The summed E-state index contributed by atoms with van der Waals surface area (Å²) in [5.41, 5.74) is 1.23. The first-order valence-electron chi connectivity index (χ1n) is 6.25. The summed E-state index contributed by atoms with van der Waals surface area (Å²) in [6, 6.07) is 5.73. The third kappa shape index (κ3) is 1.92. The normalized spacial score (nSPS) is 29.2. The van der Waals surface area contributed by atoms with Crippen molar-refractivity contribution in [2.24, 2.45) is 0 Å². The molecule has 16 heavy (non-hydrogen) atoms. The highest BCUT2D eigenvalue weighted by Gasteiger charge is 2.29. The minimum absolute atomic E-state index is 0.676. The molecule has 0 radical (unpaired) electrons. The molecule has 1 aromatic heterocycles. The van der Waals surface area contributed by atoms with E-state index in [0.717, 1.165) is 24.9 Å². The van der Waals surface area contributed by atoms with Crippen molar-refractivity contribution in [2.75, 3.05) is 18.0 Å². The van der Waals surface area contributed by atoms with Crippen molar-refractivity contribution >= 4 is 5.82 Å². The molecule has 86 valence electrons. The Balaban J connectivity index is 1.77. The first kappa shape index (κ1) is 10.1. The number of pyridine rings is 1. The monoisotopic (exact) mass is 217 g/mol. The molecule has 2 bridgehead atoms. The summed E-state index contributed by atoms with van der Waals surface area (Å²) >= 11 is 0. The van der Waals surface area contributed by atoms with E-state index in [2.05, 4.69) is 34.3 Å². The van der Waals surface area contributed by atoms with E-state index < -0.39 is 0 Å². The number of hydrogen-bond donors (Lipinski definition) is 1. The number of nitrogens with one attached hydrogen (secondary N) is 1. The van der Waals surface area contributed by atoms with Crippen LogP contribution in [0, 0.1) is 6.92 Å². The molecule has 0 spiro atoms. The van der Waals surface area contributed by atoms with Crippen molar-refractivity contribution in [3.8, 4) is 0 Å². The van der Waals surface area contributed by atoms with Gasteiger partial charge in [0.15, 0.2) is 0 Å². The highest BCUT2D eigenvalue weighted by Crippen LogP contribution is 2.23. The van der Waals surface area contributed by atoms with Gasteiger partial charge in [-0.2, -0.15) is 0 Å². The van der Waals surface area contributed by atoms with Gasteiger partial charge in [-0.3, -0.25) is 0 Å². The molecular formula is C13H19N3. The largest absolute Gasteiger partial charge is 0.355 e. The predicted octanol–water partition coefficient (Wildman–Crippen LogP) is 1.72. The Morgan fingerprint density at radius 1 is 1.25 bits per heavy atom. The molecule has 3 nitrogen and oxygen atoms in total. The molecule has 2 saturated heterocycles. The Bertz CT molecular complexity index is 360. The smallest absolute Gasteiger partial charge is 0.128 e. The lowest BCUT2D eigenvalue weighted by molar-refractivity contribution is 0.563. The van der Waals surface area contributed by atoms with Crippen LogP contribution in [-0.4, -0.2) is 30.2 Å². The van der Waals surface area contributed by atoms with Crippen molar-refractivity contribution in [1.82, 2.24) is 10.3 Å². The van der Waals surface area contributed by atoms with Crippen molar-refractivity contribution in [2.45, 2.75) is 38.3 Å². The minimum atomic E-state index is 0.676. The summed E-state index contributed by atoms with van der Waals surface area (Å²) < 4.78 is 0. The lowest BCUT2D eigenvalue weighted by Gasteiger charge is -2.25. The number of fused-ring (bicyclic) bond motifs is 2. The molecule has 1 aromatic rings. The van der Waals surface area contributed by atoms with Gasteiger partial charge in [0.1, 0.15) is 5.82 Å². The third-order valence-corrected chi connectivity index (χ3v) is 3.74. The maximum absolute atomic E-state index is 4.53. The second-order valence-electron chi connectivity index (χ2n) is 5.07. The van der Waals surface area contributed by atoms with E-state index in [4.69, 9.17) is 0 Å². The molecule has 0 aliphatic carbocycles. The lowest BCUT2D eigenvalue weighted by Crippen LogP contribution is -2.35. The summed E-state index contributed by atoms with van der Waals surface area (Å²) in [5.74, 6) is 1.14. The predicted molar refractivity (Wildman–Crippen MR) is 65.7 cm³/mol. The van der Waals surface area contributed by atoms with Gasteiger partial charge in [0, 0.05) is 31.4 Å². The highest BCUT2D eigenvalue weighted by atomic mass is 15.2. The van der Waals surface area contributed by atoms with Gasteiger partial charge in [0.05, 0.1) is 0 Å². The molecule has 3 heterocycles. The minimum Gasteiger partial charge on any atom is -0.355 e. The summed E-state index contributed by atoms with van der Waals surface area (Å²) in [6.45, 7) is 4.35. The van der Waals surface area contributed by atoms with Gasteiger partial charge in [0.25, 0.3) is 0 Å². The lowest BCUT2D eigenvalue weighted by atomic mass is 10.1. The zero-order chi connectivity index (χ0) is 11.0. The Labute approximate surface area is 96.9 Å². The highest BCUT2D eigenvalue weighted by molar-refractivity contribution is 5.40. The van der Waals surface area contributed by atoms with Crippen LogP contribution in [0.15, 0.2) is 18.3 Å². The SMILES string of the molecule is Cc1ccc(N2CCC3CCC(C2)N3)nc1. The van der Waals surface area contributed by atoms with Gasteiger partial charge >= 0.3 is 0 Å². The number of hydrogen-bond acceptors (Lipinski definition) is 3. The van der Waals surface area contributed by atoms with E-state index in [1.165, 1.54) is 24.8 Å². The average molecular weight is 217 g/mol. The number of rotatable bonds is 1. The summed E-state index contributed by atoms with van der Waals surface area (Å²) in [7, 11) is 0. The van der Waals surface area contributed by atoms with Gasteiger partial charge in [0.2, 0.25) is 0 Å². The molecule has 3 heteroatoms. The Hall–Kier alpha value is -1.09. The molecule has 1 N–H and O–H groups in total. The number of nitrogens with zero attached hydrogens (tertiary/aromatic N) is 2. The van der Waals surface area contributed by atoms with Crippen molar-refractivity contribution < 1.29 is 0 Å². The second-order valence-corrected chi connectivity index (χ2v) is 5.07. The molecule has 3 rings (SSSR count). The Morgan fingerprint density at radius 3 is 2.94 bits per heavy atom. The van der Waals surface area contributed by atoms with Crippen LogP contribution in [0.3, 0.4) is 0 Å². The Morgan fingerprint density at radius 2 is 2.12 bits per heavy atom. The average Bonchev–Trinajstić information content (AvgIpc) is 2.60. The molecule has 0 amide bonds. The fourth-order valence-corrected chi connectivity index (χ4v) is 2.80. The van der Waals surface area contributed by atoms with Crippen LogP contribution in [0.2, 0.25) is 0 Å². The van der Waals surface area contributed by atoms with Crippen LogP contribution in [0.25, 0.3) is 0 Å². The fourth-order valence-electron chi connectivity index (χ4n) is 2.80. The standard InChI is InChI=1S/C13H19N3/c1-10-2-5-13(14-8-10)16-7-6-11-3-4-12(9-16)15-11/h2,5,8,11-12,15H,3-4,6-7,9H2,1H3. The molecule has 2 aliphatic heterocycles. The van der Waals surface area contributed by atoms with Gasteiger partial charge in [-0.1, -0.05) is 6.07 Å². The summed E-state index contributed by atoms with van der Waals surface area (Å²) in [5, 5.41) is 3.69. The van der Waals surface area contributed by atoms with Crippen LogP contribution in [-0.2, 0) is 0 Å². The molecule has 2 unspecified atom stereocenters. The van der Waals surface area contributed by atoms with Crippen LogP contribution in [0.4, 0.5) is 5.82 Å². The molecule has 2 aliphatic rings. The fraction of sp³-hybridized carbons (Fsp3) is 0.615. The van der Waals surface area contributed by atoms with Crippen molar-refractivity contribution in [3.63, 3.8) is 0 Å². The molecule has 2 fully saturated rings. The number of aromatic nitrogens is 1. The van der Waals surface area contributed by atoms with Crippen molar-refractivity contribution in [1.29, 1.82) is 0 Å². The Kier molecular flexibility index (Phi) is 2.56. The first-order chi connectivity index (χ1) is 7.81. The molecule has 0 aromatic carbocycles. The van der Waals surface area contributed by atoms with Gasteiger partial charge in [-0.15, -0.1) is 0 Å². The summed E-state index contributed by atoms with van der Waals surface area (Å²) in [4.78, 5) is 6.95. The quantitative estimate of drug-likeness (QED) is 0.776. The van der Waals surface area contributed by atoms with Crippen molar-refractivity contribution in [3.05, 3.63) is 23.9 Å². The summed E-state index contributed by atoms with van der Waals surface area (Å²) in [6.07, 6.45) is 5.91. The molecule has 2 atom stereocenters. The van der Waals surface area contributed by atoms with E-state index in [9.17, 15) is 0 Å². The van der Waals surface area contributed by atoms with Gasteiger partial charge in [-0.25, -0.2) is 4.98 Å². The van der Waals surface area contributed by atoms with E-state index in [1.54, 1.807) is 0 Å². The zero-order valence-electron chi connectivity index (χ0n) is 9.82. The van der Waals surface area contributed by atoms with Crippen LogP contribution in [0.1, 0.15) is 24.8 Å². The second kappa shape index (κ2) is 4.06. The van der Waals surface area contributed by atoms with E-state index in [1.807, 2.05) is 6.20 Å². The van der Waals surface area contributed by atoms with Crippen LogP contribution < -0.4 is 10.2 Å². The van der Waals surface area contributed by atoms with E-state index >= 15 is 0 Å². The number of aryl methyl sites for hydroxylation is 1. The third-order valence-electron chi connectivity index (χ3n) is 3.74. The van der Waals surface area contributed by atoms with E-state index in [-0.39, 0.29) is 0 Å². The maximum atomic E-state index is 4.53.